The zero-order valence-electron chi connectivity index (χ0n) is 12.6. The van der Waals surface area contributed by atoms with E-state index in [4.69, 9.17) is 10.9 Å². The van der Waals surface area contributed by atoms with Crippen molar-refractivity contribution in [3.05, 3.63) is 0 Å². The first-order chi connectivity index (χ1) is 9.06. The van der Waals surface area contributed by atoms with E-state index < -0.39 is 0 Å². The van der Waals surface area contributed by atoms with Gasteiger partial charge in [-0.2, -0.15) is 0 Å². The molecular weight excluding hydrogens is 238 g/mol. The van der Waals surface area contributed by atoms with E-state index in [2.05, 4.69) is 10.5 Å². The van der Waals surface area contributed by atoms with Gasteiger partial charge in [-0.25, -0.2) is 0 Å². The number of oxime groups is 1. The Hall–Kier alpha value is -0.770. The quantitative estimate of drug-likeness (QED) is 0.198. The van der Waals surface area contributed by atoms with Gasteiger partial charge in [-0.05, 0) is 44.7 Å². The Morgan fingerprint density at radius 3 is 2.53 bits per heavy atom. The van der Waals surface area contributed by atoms with E-state index in [-0.39, 0.29) is 5.41 Å². The molecule has 4 heteroatoms. The lowest BCUT2D eigenvalue weighted by Crippen LogP contribution is -2.32. The monoisotopic (exact) mass is 269 g/mol. The summed E-state index contributed by atoms with van der Waals surface area (Å²) in [7, 11) is 0. The van der Waals surface area contributed by atoms with Gasteiger partial charge in [-0.3, -0.25) is 0 Å². The van der Waals surface area contributed by atoms with E-state index in [1.807, 2.05) is 13.8 Å². The minimum atomic E-state index is -0.208. The first-order valence-electron chi connectivity index (χ1n) is 7.75. The van der Waals surface area contributed by atoms with Gasteiger partial charge in [0.1, 0.15) is 5.84 Å². The molecule has 0 aromatic rings. The highest BCUT2D eigenvalue weighted by Gasteiger charge is 2.22. The Morgan fingerprint density at radius 1 is 1.26 bits per heavy atom. The van der Waals surface area contributed by atoms with Gasteiger partial charge in [0, 0.05) is 5.41 Å². The third-order valence-electron chi connectivity index (χ3n) is 4.40. The summed E-state index contributed by atoms with van der Waals surface area (Å²) in [5.74, 6) is 1.33. The van der Waals surface area contributed by atoms with Gasteiger partial charge >= 0.3 is 0 Å². The maximum atomic E-state index is 8.69. The maximum Gasteiger partial charge on any atom is 0.144 e. The van der Waals surface area contributed by atoms with E-state index in [1.54, 1.807) is 0 Å². The number of nitrogens with two attached hydrogens (primary N) is 1. The van der Waals surface area contributed by atoms with E-state index in [9.17, 15) is 0 Å². The van der Waals surface area contributed by atoms with Crippen molar-refractivity contribution in [1.29, 1.82) is 0 Å². The van der Waals surface area contributed by atoms with E-state index >= 15 is 0 Å². The molecule has 0 saturated heterocycles. The summed E-state index contributed by atoms with van der Waals surface area (Å²) in [6.07, 6.45) is 10.5. The molecule has 0 radical (unpaired) electrons. The normalized spacial score (nSPS) is 18.1. The Bertz CT molecular complexity index is 271. The van der Waals surface area contributed by atoms with Crippen molar-refractivity contribution >= 4 is 5.84 Å². The first-order valence-corrected chi connectivity index (χ1v) is 7.75. The average Bonchev–Trinajstić information content (AvgIpc) is 2.89. The number of nitrogens with one attached hydrogen (secondary N) is 1. The Balaban J connectivity index is 1.96. The standard InChI is InChI=1S/C15H31N3O/c1-15(2,14(16)18-19)10-6-12-17-11-5-9-13-7-3-4-8-13/h13,17,19H,3-12H2,1-2H3,(H2,16,18). The molecule has 19 heavy (non-hydrogen) atoms. The van der Waals surface area contributed by atoms with Gasteiger partial charge in [-0.15, -0.1) is 0 Å². The SMILES string of the molecule is CC(C)(CCCNCCCC1CCCC1)C(N)=NO. The molecule has 112 valence electrons. The highest BCUT2D eigenvalue weighted by molar-refractivity contribution is 5.85. The molecule has 0 bridgehead atoms. The van der Waals surface area contributed by atoms with Gasteiger partial charge < -0.3 is 16.3 Å². The molecule has 0 unspecified atom stereocenters. The second-order valence-corrected chi connectivity index (χ2v) is 6.52. The third-order valence-corrected chi connectivity index (χ3v) is 4.40. The molecule has 1 saturated carbocycles. The summed E-state index contributed by atoms with van der Waals surface area (Å²) in [5, 5.41) is 15.3. The summed E-state index contributed by atoms with van der Waals surface area (Å²) in [6.45, 7) is 6.18. The van der Waals surface area contributed by atoms with Gasteiger partial charge in [0.05, 0.1) is 0 Å². The van der Waals surface area contributed by atoms with Crippen LogP contribution in [0.3, 0.4) is 0 Å². The smallest absolute Gasteiger partial charge is 0.144 e. The fourth-order valence-corrected chi connectivity index (χ4v) is 2.86. The zero-order valence-corrected chi connectivity index (χ0v) is 12.6. The maximum absolute atomic E-state index is 8.69. The van der Waals surface area contributed by atoms with E-state index in [0.29, 0.717) is 5.84 Å². The average molecular weight is 269 g/mol. The van der Waals surface area contributed by atoms with Crippen LogP contribution >= 0.6 is 0 Å². The summed E-state index contributed by atoms with van der Waals surface area (Å²) < 4.78 is 0. The second-order valence-electron chi connectivity index (χ2n) is 6.52. The summed E-state index contributed by atoms with van der Waals surface area (Å²) in [5.41, 5.74) is 5.45. The molecule has 0 heterocycles. The Kier molecular flexibility index (Phi) is 7.21. The molecular formula is C15H31N3O. The predicted molar refractivity (Wildman–Crippen MR) is 80.5 cm³/mol. The van der Waals surface area contributed by atoms with Gasteiger partial charge in [0.25, 0.3) is 0 Å². The molecule has 0 aromatic heterocycles. The lowest BCUT2D eigenvalue weighted by molar-refractivity contribution is 0.304. The lowest BCUT2D eigenvalue weighted by atomic mass is 9.86. The summed E-state index contributed by atoms with van der Waals surface area (Å²) in [6, 6.07) is 0. The minimum Gasteiger partial charge on any atom is -0.409 e. The van der Waals surface area contributed by atoms with Crippen LogP contribution in [0.4, 0.5) is 0 Å². The zero-order chi connectivity index (χ0) is 14.1. The molecule has 1 fully saturated rings. The predicted octanol–water partition coefficient (Wildman–Crippen LogP) is 3.10. The number of hydrogen-bond donors (Lipinski definition) is 3. The molecule has 1 rings (SSSR count). The second kappa shape index (κ2) is 8.41. The third kappa shape index (κ3) is 6.28. The molecule has 0 atom stereocenters. The summed E-state index contributed by atoms with van der Waals surface area (Å²) >= 11 is 0. The molecule has 0 aromatic carbocycles. The van der Waals surface area contributed by atoms with Crippen LogP contribution in [0.15, 0.2) is 5.16 Å². The van der Waals surface area contributed by atoms with Crippen LogP contribution in [0.1, 0.15) is 65.2 Å². The largest absolute Gasteiger partial charge is 0.409 e. The highest BCUT2D eigenvalue weighted by atomic mass is 16.4. The van der Waals surface area contributed by atoms with Crippen molar-refractivity contribution in [3.8, 4) is 0 Å². The van der Waals surface area contributed by atoms with E-state index in [1.165, 1.54) is 38.5 Å². The van der Waals surface area contributed by atoms with Crippen LogP contribution < -0.4 is 11.1 Å². The Morgan fingerprint density at radius 2 is 1.89 bits per heavy atom. The molecule has 4 nitrogen and oxygen atoms in total. The topological polar surface area (TPSA) is 70.6 Å². The number of rotatable bonds is 9. The van der Waals surface area contributed by atoms with Crippen LogP contribution in [0.2, 0.25) is 0 Å². The van der Waals surface area contributed by atoms with Crippen LogP contribution in [0.25, 0.3) is 0 Å². The van der Waals surface area contributed by atoms with Crippen molar-refractivity contribution in [2.45, 2.75) is 65.2 Å². The van der Waals surface area contributed by atoms with Crippen molar-refractivity contribution in [2.75, 3.05) is 13.1 Å². The first kappa shape index (κ1) is 16.3. The molecule has 4 N–H and O–H groups in total. The highest BCUT2D eigenvalue weighted by Crippen LogP contribution is 2.28. The van der Waals surface area contributed by atoms with Crippen LogP contribution in [-0.4, -0.2) is 24.1 Å². The van der Waals surface area contributed by atoms with E-state index in [0.717, 1.165) is 31.8 Å². The van der Waals surface area contributed by atoms with Gasteiger partial charge in [0.2, 0.25) is 0 Å². The fraction of sp³-hybridized carbons (Fsp3) is 0.933. The molecule has 1 aliphatic rings. The van der Waals surface area contributed by atoms with Crippen molar-refractivity contribution in [1.82, 2.24) is 5.32 Å². The van der Waals surface area contributed by atoms with Crippen molar-refractivity contribution in [3.63, 3.8) is 0 Å². The molecule has 0 aliphatic heterocycles. The number of nitrogens with zero attached hydrogens (tertiary/aromatic N) is 1. The Labute approximate surface area is 117 Å². The van der Waals surface area contributed by atoms with Crippen molar-refractivity contribution in [2.24, 2.45) is 22.2 Å². The lowest BCUT2D eigenvalue weighted by Gasteiger charge is -2.22. The van der Waals surface area contributed by atoms with Crippen LogP contribution in [0.5, 0.6) is 0 Å². The fourth-order valence-electron chi connectivity index (χ4n) is 2.86. The molecule has 0 amide bonds. The van der Waals surface area contributed by atoms with Crippen LogP contribution in [0, 0.1) is 11.3 Å². The molecule has 0 spiro atoms. The molecule has 1 aliphatic carbocycles. The summed E-state index contributed by atoms with van der Waals surface area (Å²) in [4.78, 5) is 0. The van der Waals surface area contributed by atoms with Crippen molar-refractivity contribution < 1.29 is 5.21 Å². The number of hydrogen-bond acceptors (Lipinski definition) is 3. The van der Waals surface area contributed by atoms with Crippen LogP contribution in [-0.2, 0) is 0 Å². The van der Waals surface area contributed by atoms with Gasteiger partial charge in [0.15, 0.2) is 0 Å². The number of amidine groups is 1. The minimum absolute atomic E-state index is 0.208. The van der Waals surface area contributed by atoms with Gasteiger partial charge in [-0.1, -0.05) is 44.7 Å².